The van der Waals surface area contributed by atoms with Crippen molar-refractivity contribution in [2.75, 3.05) is 13.1 Å². The van der Waals surface area contributed by atoms with Crippen molar-refractivity contribution in [3.8, 4) is 5.75 Å². The fourth-order valence-corrected chi connectivity index (χ4v) is 2.13. The van der Waals surface area contributed by atoms with Gasteiger partial charge in [-0.15, -0.1) is 0 Å². The summed E-state index contributed by atoms with van der Waals surface area (Å²) in [7, 11) is 0. The molecule has 0 saturated heterocycles. The van der Waals surface area contributed by atoms with Gasteiger partial charge in [0.15, 0.2) is 0 Å². The molecule has 1 aromatic carbocycles. The summed E-state index contributed by atoms with van der Waals surface area (Å²) in [6.45, 7) is 8.53. The molecule has 0 amide bonds. The van der Waals surface area contributed by atoms with Gasteiger partial charge >= 0.3 is 0 Å². The van der Waals surface area contributed by atoms with Crippen LogP contribution < -0.4 is 10.1 Å². The fourth-order valence-electron chi connectivity index (χ4n) is 2.13. The van der Waals surface area contributed by atoms with E-state index >= 15 is 0 Å². The van der Waals surface area contributed by atoms with Crippen LogP contribution in [0.15, 0.2) is 18.2 Å². The number of hydrogen-bond acceptors (Lipinski definition) is 2. The second kappa shape index (κ2) is 5.27. The number of ether oxygens (including phenoxy) is 1. The second-order valence-electron chi connectivity index (χ2n) is 6.21. The number of hydrogen-bond donors (Lipinski definition) is 1. The summed E-state index contributed by atoms with van der Waals surface area (Å²) in [4.78, 5) is 0. The minimum atomic E-state index is -0.182. The monoisotopic (exact) mass is 251 g/mol. The molecule has 1 unspecified atom stereocenters. The predicted molar refractivity (Wildman–Crippen MR) is 71.5 cm³/mol. The molecule has 3 heteroatoms. The van der Waals surface area contributed by atoms with E-state index in [9.17, 15) is 4.39 Å². The lowest BCUT2D eigenvalue weighted by atomic mass is 9.92. The summed E-state index contributed by atoms with van der Waals surface area (Å²) in [5, 5.41) is 3.41. The summed E-state index contributed by atoms with van der Waals surface area (Å²) < 4.78 is 18.8. The van der Waals surface area contributed by atoms with Crippen LogP contribution in [0.5, 0.6) is 5.75 Å². The Morgan fingerprint density at radius 1 is 1.39 bits per heavy atom. The highest BCUT2D eigenvalue weighted by Crippen LogP contribution is 2.28. The molecular formula is C15H22FNO. The van der Waals surface area contributed by atoms with Crippen molar-refractivity contribution in [3.63, 3.8) is 0 Å². The molecule has 0 aromatic heterocycles. The Kier molecular flexibility index (Phi) is 3.91. The molecule has 1 aromatic rings. The van der Waals surface area contributed by atoms with E-state index < -0.39 is 0 Å². The van der Waals surface area contributed by atoms with E-state index in [0.29, 0.717) is 5.41 Å². The maximum Gasteiger partial charge on any atom is 0.123 e. The molecule has 1 atom stereocenters. The van der Waals surface area contributed by atoms with Crippen LogP contribution in [-0.4, -0.2) is 19.2 Å². The van der Waals surface area contributed by atoms with Gasteiger partial charge in [0.1, 0.15) is 17.7 Å². The SMILES string of the molecule is CC(C)(C)CCNCC1Cc2cc(F)ccc2O1. The molecule has 2 nitrogen and oxygen atoms in total. The molecule has 1 heterocycles. The highest BCUT2D eigenvalue weighted by atomic mass is 19.1. The highest BCUT2D eigenvalue weighted by molar-refractivity contribution is 5.37. The van der Waals surface area contributed by atoms with Gasteiger partial charge in [0.05, 0.1) is 0 Å². The Hall–Kier alpha value is -1.09. The lowest BCUT2D eigenvalue weighted by molar-refractivity contribution is 0.224. The normalized spacial score (nSPS) is 18.6. The average molecular weight is 251 g/mol. The molecule has 0 saturated carbocycles. The third kappa shape index (κ3) is 3.70. The number of fused-ring (bicyclic) bond motifs is 1. The van der Waals surface area contributed by atoms with Crippen LogP contribution >= 0.6 is 0 Å². The average Bonchev–Trinajstić information content (AvgIpc) is 2.65. The van der Waals surface area contributed by atoms with Crippen LogP contribution in [0.25, 0.3) is 0 Å². The minimum absolute atomic E-state index is 0.141. The molecule has 100 valence electrons. The summed E-state index contributed by atoms with van der Waals surface area (Å²) in [5.41, 5.74) is 1.34. The number of halogens is 1. The van der Waals surface area contributed by atoms with Crippen molar-refractivity contribution in [2.24, 2.45) is 5.41 Å². The van der Waals surface area contributed by atoms with Crippen molar-refractivity contribution < 1.29 is 9.13 Å². The maximum absolute atomic E-state index is 13.1. The molecule has 2 rings (SSSR count). The van der Waals surface area contributed by atoms with Crippen LogP contribution in [0.1, 0.15) is 32.8 Å². The number of nitrogens with one attached hydrogen (secondary N) is 1. The first-order valence-corrected chi connectivity index (χ1v) is 6.60. The van der Waals surface area contributed by atoms with Gasteiger partial charge in [-0.25, -0.2) is 4.39 Å². The first kappa shape index (κ1) is 13.3. The Balaban J connectivity index is 1.75. The molecule has 0 aliphatic carbocycles. The van der Waals surface area contributed by atoms with Gasteiger partial charge in [0.25, 0.3) is 0 Å². The van der Waals surface area contributed by atoms with Crippen LogP contribution in [0.4, 0.5) is 4.39 Å². The first-order valence-electron chi connectivity index (χ1n) is 6.60. The zero-order valence-corrected chi connectivity index (χ0v) is 11.4. The maximum atomic E-state index is 13.1. The van der Waals surface area contributed by atoms with Crippen LogP contribution in [0.2, 0.25) is 0 Å². The molecule has 0 radical (unpaired) electrons. The van der Waals surface area contributed by atoms with Crippen LogP contribution in [-0.2, 0) is 6.42 Å². The van der Waals surface area contributed by atoms with E-state index in [4.69, 9.17) is 4.74 Å². The second-order valence-corrected chi connectivity index (χ2v) is 6.21. The Morgan fingerprint density at radius 2 is 2.17 bits per heavy atom. The quantitative estimate of drug-likeness (QED) is 0.830. The van der Waals surface area contributed by atoms with E-state index in [1.807, 2.05) is 0 Å². The number of benzene rings is 1. The minimum Gasteiger partial charge on any atom is -0.488 e. The summed E-state index contributed by atoms with van der Waals surface area (Å²) in [6, 6.07) is 4.75. The van der Waals surface area contributed by atoms with Gasteiger partial charge in [0, 0.05) is 18.5 Å². The van der Waals surface area contributed by atoms with Crippen molar-refractivity contribution in [1.82, 2.24) is 5.32 Å². The lowest BCUT2D eigenvalue weighted by Gasteiger charge is -2.19. The van der Waals surface area contributed by atoms with Gasteiger partial charge in [0.2, 0.25) is 0 Å². The van der Waals surface area contributed by atoms with E-state index in [0.717, 1.165) is 37.2 Å². The topological polar surface area (TPSA) is 21.3 Å². The molecular weight excluding hydrogens is 229 g/mol. The van der Waals surface area contributed by atoms with Gasteiger partial charge < -0.3 is 10.1 Å². The molecule has 1 aliphatic heterocycles. The van der Waals surface area contributed by atoms with Gasteiger partial charge in [-0.1, -0.05) is 20.8 Å². The highest BCUT2D eigenvalue weighted by Gasteiger charge is 2.22. The summed E-state index contributed by atoms with van der Waals surface area (Å²) >= 11 is 0. The van der Waals surface area contributed by atoms with Crippen molar-refractivity contribution in [1.29, 1.82) is 0 Å². The molecule has 18 heavy (non-hydrogen) atoms. The first-order chi connectivity index (χ1) is 8.44. The van der Waals surface area contributed by atoms with Crippen molar-refractivity contribution in [3.05, 3.63) is 29.6 Å². The van der Waals surface area contributed by atoms with E-state index in [2.05, 4.69) is 26.1 Å². The van der Waals surface area contributed by atoms with Crippen LogP contribution in [0.3, 0.4) is 0 Å². The third-order valence-corrected chi connectivity index (χ3v) is 3.19. The largest absolute Gasteiger partial charge is 0.488 e. The van der Waals surface area contributed by atoms with E-state index in [1.165, 1.54) is 6.07 Å². The molecule has 1 aliphatic rings. The summed E-state index contributed by atoms with van der Waals surface area (Å²) in [5.74, 6) is 0.651. The van der Waals surface area contributed by atoms with Crippen molar-refractivity contribution in [2.45, 2.75) is 39.7 Å². The Bertz CT molecular complexity index is 411. The standard InChI is InChI=1S/C15H22FNO/c1-15(2,3)6-7-17-10-13-9-11-8-12(16)4-5-14(11)18-13/h4-5,8,13,17H,6-7,9-10H2,1-3H3. The zero-order chi connectivity index (χ0) is 13.2. The van der Waals surface area contributed by atoms with Gasteiger partial charge in [-0.3, -0.25) is 0 Å². The molecule has 0 spiro atoms. The smallest absolute Gasteiger partial charge is 0.123 e. The predicted octanol–water partition coefficient (Wildman–Crippen LogP) is 3.16. The van der Waals surface area contributed by atoms with Gasteiger partial charge in [-0.05, 0) is 36.6 Å². The lowest BCUT2D eigenvalue weighted by Crippen LogP contribution is -2.32. The zero-order valence-electron chi connectivity index (χ0n) is 11.4. The Labute approximate surface area is 109 Å². The molecule has 0 bridgehead atoms. The van der Waals surface area contributed by atoms with E-state index in [1.54, 1.807) is 12.1 Å². The third-order valence-electron chi connectivity index (χ3n) is 3.19. The number of rotatable bonds is 4. The van der Waals surface area contributed by atoms with Gasteiger partial charge in [-0.2, -0.15) is 0 Å². The molecule has 1 N–H and O–H groups in total. The van der Waals surface area contributed by atoms with Crippen LogP contribution in [0, 0.1) is 11.2 Å². The van der Waals surface area contributed by atoms with Crippen molar-refractivity contribution >= 4 is 0 Å². The van der Waals surface area contributed by atoms with E-state index in [-0.39, 0.29) is 11.9 Å². The summed E-state index contributed by atoms with van der Waals surface area (Å²) in [6.07, 6.45) is 2.08. The Morgan fingerprint density at radius 3 is 2.89 bits per heavy atom. The fraction of sp³-hybridized carbons (Fsp3) is 0.600. The molecule has 0 fully saturated rings.